The van der Waals surface area contributed by atoms with Gasteiger partial charge in [-0.05, 0) is 54.0 Å². The number of nitrogens with zero attached hydrogens (tertiary/aromatic N) is 1. The molecule has 0 fully saturated rings. The molecule has 0 bridgehead atoms. The molecule has 3 aliphatic rings. The molecular weight excluding hydrogens is 270 g/mol. The molecule has 0 unspecified atom stereocenters. The van der Waals surface area contributed by atoms with E-state index in [9.17, 15) is 0 Å². The number of fused-ring (bicyclic) bond motifs is 3. The van der Waals surface area contributed by atoms with Crippen LogP contribution in [0.2, 0.25) is 0 Å². The van der Waals surface area contributed by atoms with Crippen LogP contribution in [0.3, 0.4) is 0 Å². The van der Waals surface area contributed by atoms with Gasteiger partial charge in [0.15, 0.2) is 0 Å². The Morgan fingerprint density at radius 1 is 0.864 bits per heavy atom. The van der Waals surface area contributed by atoms with E-state index < -0.39 is 0 Å². The van der Waals surface area contributed by atoms with Crippen molar-refractivity contribution in [2.24, 2.45) is 0 Å². The van der Waals surface area contributed by atoms with Gasteiger partial charge in [-0.3, -0.25) is 0 Å². The van der Waals surface area contributed by atoms with Gasteiger partial charge in [-0.15, -0.1) is 0 Å². The van der Waals surface area contributed by atoms with Crippen LogP contribution in [0.5, 0.6) is 5.75 Å². The van der Waals surface area contributed by atoms with Crippen LogP contribution in [-0.2, 0) is 25.9 Å². The van der Waals surface area contributed by atoms with Gasteiger partial charge in [0.2, 0.25) is 0 Å². The minimum atomic E-state index is 0.717. The van der Waals surface area contributed by atoms with Crippen molar-refractivity contribution in [1.82, 2.24) is 0 Å². The maximum atomic E-state index is 6.32. The molecule has 0 spiro atoms. The minimum absolute atomic E-state index is 0.717. The first-order chi connectivity index (χ1) is 10.9. The monoisotopic (exact) mass is 291 g/mol. The maximum Gasteiger partial charge on any atom is 0.128 e. The predicted octanol–water partition coefficient (Wildman–Crippen LogP) is 3.87. The summed E-state index contributed by atoms with van der Waals surface area (Å²) in [6, 6.07) is 11.2. The van der Waals surface area contributed by atoms with E-state index in [1.165, 1.54) is 72.5 Å². The quantitative estimate of drug-likeness (QED) is 0.730. The van der Waals surface area contributed by atoms with Crippen molar-refractivity contribution in [2.45, 2.75) is 38.7 Å². The van der Waals surface area contributed by atoms with Crippen molar-refractivity contribution >= 4 is 5.69 Å². The summed E-state index contributed by atoms with van der Waals surface area (Å²) in [5, 5.41) is 0. The Hall–Kier alpha value is -1.96. The van der Waals surface area contributed by atoms with Gasteiger partial charge in [0, 0.05) is 30.8 Å². The summed E-state index contributed by atoms with van der Waals surface area (Å²) in [6.07, 6.45) is 5.99. The highest BCUT2D eigenvalue weighted by Gasteiger charge is 2.29. The fourth-order valence-electron chi connectivity index (χ4n) is 4.44. The van der Waals surface area contributed by atoms with Gasteiger partial charge in [-0.2, -0.15) is 0 Å². The third kappa shape index (κ3) is 1.79. The van der Waals surface area contributed by atoms with Crippen molar-refractivity contribution in [3.8, 4) is 5.75 Å². The summed E-state index contributed by atoms with van der Waals surface area (Å²) < 4.78 is 6.32. The van der Waals surface area contributed by atoms with Gasteiger partial charge in [0.25, 0.3) is 0 Å². The molecule has 112 valence electrons. The number of benzene rings is 2. The van der Waals surface area contributed by atoms with E-state index in [1.54, 1.807) is 5.56 Å². The molecule has 3 heterocycles. The van der Waals surface area contributed by atoms with Crippen molar-refractivity contribution in [3.05, 3.63) is 58.1 Å². The van der Waals surface area contributed by atoms with Gasteiger partial charge in [-0.25, -0.2) is 0 Å². The smallest absolute Gasteiger partial charge is 0.128 e. The third-order valence-corrected chi connectivity index (χ3v) is 5.42. The molecule has 2 heteroatoms. The largest absolute Gasteiger partial charge is 0.488 e. The number of aryl methyl sites for hydroxylation is 1. The summed E-state index contributed by atoms with van der Waals surface area (Å²) in [5.41, 5.74) is 8.74. The van der Waals surface area contributed by atoms with Crippen LogP contribution in [0.4, 0.5) is 5.69 Å². The molecule has 0 amide bonds. The summed E-state index contributed by atoms with van der Waals surface area (Å²) in [5.74, 6) is 1.20. The average Bonchev–Trinajstić information content (AvgIpc) is 2.74. The summed E-state index contributed by atoms with van der Waals surface area (Å²) >= 11 is 0. The standard InChI is InChI=1S/C20H21NO/c1-2-6-16-13-22-20-17(11-14(16)5-1)12-15-7-3-9-21-10-4-8-18(20)19(15)21/h1-2,5-6,12H,3-4,7-11,13H2. The molecule has 2 aromatic carbocycles. The first kappa shape index (κ1) is 12.6. The molecule has 0 radical (unpaired) electrons. The summed E-state index contributed by atoms with van der Waals surface area (Å²) in [7, 11) is 0. The van der Waals surface area contributed by atoms with Crippen LogP contribution in [0.25, 0.3) is 0 Å². The van der Waals surface area contributed by atoms with E-state index in [0.29, 0.717) is 0 Å². The summed E-state index contributed by atoms with van der Waals surface area (Å²) in [4.78, 5) is 2.60. The number of hydrogen-bond donors (Lipinski definition) is 0. The van der Waals surface area contributed by atoms with Crippen molar-refractivity contribution < 1.29 is 4.74 Å². The Kier molecular flexibility index (Phi) is 2.73. The molecular formula is C20H21NO. The number of rotatable bonds is 0. The Morgan fingerprint density at radius 2 is 1.68 bits per heavy atom. The van der Waals surface area contributed by atoms with Crippen LogP contribution in [0.1, 0.15) is 40.7 Å². The predicted molar refractivity (Wildman–Crippen MR) is 88.9 cm³/mol. The molecule has 0 N–H and O–H groups in total. The second kappa shape index (κ2) is 4.77. The first-order valence-corrected chi connectivity index (χ1v) is 8.52. The lowest BCUT2D eigenvalue weighted by atomic mass is 9.87. The molecule has 0 saturated carbocycles. The number of ether oxygens (including phenoxy) is 1. The lowest BCUT2D eigenvalue weighted by Crippen LogP contribution is -2.34. The third-order valence-electron chi connectivity index (χ3n) is 5.42. The highest BCUT2D eigenvalue weighted by atomic mass is 16.5. The molecule has 22 heavy (non-hydrogen) atoms. The van der Waals surface area contributed by atoms with Crippen LogP contribution in [0.15, 0.2) is 30.3 Å². The minimum Gasteiger partial charge on any atom is -0.488 e. The Morgan fingerprint density at radius 3 is 2.59 bits per heavy atom. The van der Waals surface area contributed by atoms with Gasteiger partial charge < -0.3 is 9.64 Å². The van der Waals surface area contributed by atoms with Gasteiger partial charge in [0.1, 0.15) is 12.4 Å². The highest BCUT2D eigenvalue weighted by molar-refractivity contribution is 5.70. The molecule has 0 atom stereocenters. The summed E-state index contributed by atoms with van der Waals surface area (Å²) in [6.45, 7) is 3.16. The maximum absolute atomic E-state index is 6.32. The second-order valence-electron chi connectivity index (χ2n) is 6.78. The van der Waals surface area contributed by atoms with E-state index >= 15 is 0 Å². The topological polar surface area (TPSA) is 12.5 Å². The zero-order valence-electron chi connectivity index (χ0n) is 12.9. The SMILES string of the molecule is c1ccc2c(c1)COc1c(cc3c4c1CCCN4CCC3)C2. The first-order valence-electron chi connectivity index (χ1n) is 8.52. The van der Waals surface area contributed by atoms with Crippen LogP contribution < -0.4 is 9.64 Å². The Labute approximate surface area is 131 Å². The molecule has 2 nitrogen and oxygen atoms in total. The number of hydrogen-bond acceptors (Lipinski definition) is 2. The Bertz CT molecular complexity index is 748. The van der Waals surface area contributed by atoms with Gasteiger partial charge in [-0.1, -0.05) is 24.3 Å². The molecule has 0 aliphatic carbocycles. The Balaban J connectivity index is 1.70. The highest BCUT2D eigenvalue weighted by Crippen LogP contribution is 2.44. The lowest BCUT2D eigenvalue weighted by Gasteiger charge is -2.38. The van der Waals surface area contributed by atoms with Crippen LogP contribution in [-0.4, -0.2) is 13.1 Å². The molecule has 0 saturated heterocycles. The average molecular weight is 291 g/mol. The normalized spacial score (nSPS) is 18.6. The number of anilines is 1. The van der Waals surface area contributed by atoms with E-state index in [-0.39, 0.29) is 0 Å². The van der Waals surface area contributed by atoms with Gasteiger partial charge in [0.05, 0.1) is 0 Å². The zero-order valence-corrected chi connectivity index (χ0v) is 12.9. The van der Waals surface area contributed by atoms with Crippen molar-refractivity contribution in [3.63, 3.8) is 0 Å². The molecule has 0 aromatic heterocycles. The van der Waals surface area contributed by atoms with Crippen molar-refractivity contribution in [1.29, 1.82) is 0 Å². The van der Waals surface area contributed by atoms with E-state index in [4.69, 9.17) is 4.74 Å². The lowest BCUT2D eigenvalue weighted by molar-refractivity contribution is 0.302. The van der Waals surface area contributed by atoms with E-state index in [0.717, 1.165) is 13.0 Å². The van der Waals surface area contributed by atoms with Crippen molar-refractivity contribution in [2.75, 3.05) is 18.0 Å². The molecule has 5 rings (SSSR count). The van der Waals surface area contributed by atoms with Gasteiger partial charge >= 0.3 is 0 Å². The van der Waals surface area contributed by atoms with E-state index in [1.807, 2.05) is 0 Å². The van der Waals surface area contributed by atoms with E-state index in [2.05, 4.69) is 35.2 Å². The van der Waals surface area contributed by atoms with Crippen LogP contribution in [0, 0.1) is 0 Å². The fraction of sp³-hybridized carbons (Fsp3) is 0.400. The zero-order chi connectivity index (χ0) is 14.5. The molecule has 3 aliphatic heterocycles. The fourth-order valence-corrected chi connectivity index (χ4v) is 4.44. The molecule has 2 aromatic rings. The second-order valence-corrected chi connectivity index (χ2v) is 6.78. The van der Waals surface area contributed by atoms with Crippen LogP contribution >= 0.6 is 0 Å².